The molecule has 0 bridgehead atoms. The summed E-state index contributed by atoms with van der Waals surface area (Å²) in [6.07, 6.45) is 1.56. The number of nitrogens with zero attached hydrogens (tertiary/aromatic N) is 2. The second kappa shape index (κ2) is 6.13. The van der Waals surface area contributed by atoms with Gasteiger partial charge in [-0.1, -0.05) is 30.3 Å². The van der Waals surface area contributed by atoms with Crippen LogP contribution in [0.15, 0.2) is 82.1 Å². The van der Waals surface area contributed by atoms with Gasteiger partial charge in [-0.25, -0.2) is 9.37 Å². The van der Waals surface area contributed by atoms with E-state index in [0.29, 0.717) is 22.4 Å². The van der Waals surface area contributed by atoms with Crippen molar-refractivity contribution in [2.24, 2.45) is 0 Å². The van der Waals surface area contributed by atoms with Crippen molar-refractivity contribution in [3.8, 4) is 0 Å². The van der Waals surface area contributed by atoms with Gasteiger partial charge in [0.15, 0.2) is 5.43 Å². The number of pyridine rings is 1. The Morgan fingerprint density at radius 3 is 2.57 bits per heavy atom. The van der Waals surface area contributed by atoms with Gasteiger partial charge in [0.05, 0.1) is 17.0 Å². The zero-order chi connectivity index (χ0) is 19.3. The molecule has 0 radical (unpaired) electrons. The minimum absolute atomic E-state index is 0.0383. The molecule has 1 amide bonds. The Hall–Kier alpha value is -3.80. The number of hydrogen-bond acceptors (Lipinski definition) is 4. The van der Waals surface area contributed by atoms with E-state index in [0.717, 1.165) is 0 Å². The molecular formula is C22H13FN2O3. The van der Waals surface area contributed by atoms with Crippen LogP contribution < -0.4 is 10.3 Å². The van der Waals surface area contributed by atoms with Crippen LogP contribution in [-0.4, -0.2) is 10.9 Å². The first-order valence-corrected chi connectivity index (χ1v) is 8.71. The summed E-state index contributed by atoms with van der Waals surface area (Å²) in [4.78, 5) is 32.1. The van der Waals surface area contributed by atoms with Gasteiger partial charge in [-0.3, -0.25) is 14.5 Å². The molecule has 4 aromatic rings. The SMILES string of the molecule is O=C1c2oc3ccccc3c(=O)c2C(c2cccc(F)c2)N1c1ccccn1. The summed E-state index contributed by atoms with van der Waals surface area (Å²) in [5.74, 6) is -0.615. The number of rotatable bonds is 2. The van der Waals surface area contributed by atoms with Crippen LogP contribution in [0, 0.1) is 5.82 Å². The van der Waals surface area contributed by atoms with E-state index in [4.69, 9.17) is 4.42 Å². The molecular weight excluding hydrogens is 359 g/mol. The van der Waals surface area contributed by atoms with Gasteiger partial charge in [0.1, 0.15) is 17.2 Å². The van der Waals surface area contributed by atoms with Gasteiger partial charge in [0.2, 0.25) is 5.76 Å². The van der Waals surface area contributed by atoms with E-state index in [2.05, 4.69) is 4.98 Å². The summed E-state index contributed by atoms with van der Waals surface area (Å²) in [6.45, 7) is 0. The molecule has 0 saturated carbocycles. The lowest BCUT2D eigenvalue weighted by Gasteiger charge is -2.24. The number of amides is 1. The monoisotopic (exact) mass is 372 g/mol. The Kier molecular flexibility index (Phi) is 3.58. The number of aromatic nitrogens is 1. The Morgan fingerprint density at radius 1 is 0.964 bits per heavy atom. The minimum atomic E-state index is -0.825. The Balaban J connectivity index is 1.84. The van der Waals surface area contributed by atoms with E-state index in [-0.39, 0.29) is 16.8 Å². The molecule has 5 nitrogen and oxygen atoms in total. The maximum atomic E-state index is 14.0. The smallest absolute Gasteiger partial charge is 0.296 e. The van der Waals surface area contributed by atoms with Crippen LogP contribution in [0.2, 0.25) is 0 Å². The first kappa shape index (κ1) is 16.4. The normalized spacial score (nSPS) is 15.8. The van der Waals surface area contributed by atoms with E-state index in [9.17, 15) is 14.0 Å². The van der Waals surface area contributed by atoms with Crippen molar-refractivity contribution < 1.29 is 13.6 Å². The highest BCUT2D eigenvalue weighted by Crippen LogP contribution is 2.40. The fourth-order valence-corrected chi connectivity index (χ4v) is 3.64. The summed E-state index contributed by atoms with van der Waals surface area (Å²) in [5.41, 5.74) is 0.693. The van der Waals surface area contributed by atoms with Crippen LogP contribution in [0.5, 0.6) is 0 Å². The summed E-state index contributed by atoms with van der Waals surface area (Å²) in [7, 11) is 0. The van der Waals surface area contributed by atoms with Crippen LogP contribution in [0.3, 0.4) is 0 Å². The summed E-state index contributed by atoms with van der Waals surface area (Å²) in [6, 6.07) is 16.9. The number of fused-ring (bicyclic) bond motifs is 2. The Labute approximate surface area is 158 Å². The third kappa shape index (κ3) is 2.35. The highest BCUT2D eigenvalue weighted by Gasteiger charge is 2.44. The van der Waals surface area contributed by atoms with Gasteiger partial charge in [-0.05, 0) is 42.0 Å². The van der Waals surface area contributed by atoms with Gasteiger partial charge < -0.3 is 4.42 Å². The molecule has 28 heavy (non-hydrogen) atoms. The lowest BCUT2D eigenvalue weighted by atomic mass is 9.98. The van der Waals surface area contributed by atoms with Crippen molar-refractivity contribution in [1.82, 2.24) is 4.98 Å². The first-order valence-electron chi connectivity index (χ1n) is 8.71. The number of hydrogen-bond donors (Lipinski definition) is 0. The molecule has 1 atom stereocenters. The minimum Gasteiger partial charge on any atom is -0.450 e. The summed E-state index contributed by atoms with van der Waals surface area (Å²) in [5, 5.41) is 0.373. The van der Waals surface area contributed by atoms with Gasteiger partial charge in [0.25, 0.3) is 5.91 Å². The van der Waals surface area contributed by atoms with E-state index in [1.54, 1.807) is 60.8 Å². The number of carbonyl (C=O) groups is 1. The molecule has 3 heterocycles. The van der Waals surface area contributed by atoms with Crippen LogP contribution in [-0.2, 0) is 0 Å². The van der Waals surface area contributed by atoms with Gasteiger partial charge >= 0.3 is 0 Å². The lowest BCUT2D eigenvalue weighted by molar-refractivity contribution is 0.0970. The predicted molar refractivity (Wildman–Crippen MR) is 102 cm³/mol. The van der Waals surface area contributed by atoms with Crippen molar-refractivity contribution in [3.05, 3.63) is 106 Å². The van der Waals surface area contributed by atoms with Gasteiger partial charge in [-0.15, -0.1) is 0 Å². The molecule has 2 aromatic heterocycles. The van der Waals surface area contributed by atoms with Crippen LogP contribution in [0.25, 0.3) is 11.0 Å². The molecule has 0 fully saturated rings. The molecule has 1 aliphatic heterocycles. The predicted octanol–water partition coefficient (Wildman–Crippen LogP) is 4.08. The van der Waals surface area contributed by atoms with Crippen LogP contribution >= 0.6 is 0 Å². The third-order valence-electron chi connectivity index (χ3n) is 4.84. The number of anilines is 1. The summed E-state index contributed by atoms with van der Waals surface area (Å²) >= 11 is 0. The van der Waals surface area contributed by atoms with Crippen molar-refractivity contribution in [1.29, 1.82) is 0 Å². The average molecular weight is 372 g/mol. The highest BCUT2D eigenvalue weighted by molar-refractivity contribution is 6.10. The Morgan fingerprint density at radius 2 is 1.79 bits per heavy atom. The van der Waals surface area contributed by atoms with Crippen molar-refractivity contribution in [3.63, 3.8) is 0 Å². The number of carbonyl (C=O) groups excluding carboxylic acids is 1. The number of benzene rings is 2. The van der Waals surface area contributed by atoms with Crippen molar-refractivity contribution >= 4 is 22.7 Å². The topological polar surface area (TPSA) is 63.4 Å². The van der Waals surface area contributed by atoms with Crippen LogP contribution in [0.4, 0.5) is 10.2 Å². The van der Waals surface area contributed by atoms with E-state index in [1.807, 2.05) is 0 Å². The Bertz CT molecular complexity index is 1280. The van der Waals surface area contributed by atoms with Crippen molar-refractivity contribution in [2.75, 3.05) is 4.90 Å². The highest BCUT2D eigenvalue weighted by atomic mass is 19.1. The molecule has 6 heteroatoms. The summed E-state index contributed by atoms with van der Waals surface area (Å²) < 4.78 is 19.8. The molecule has 136 valence electrons. The zero-order valence-electron chi connectivity index (χ0n) is 14.5. The van der Waals surface area contributed by atoms with E-state index < -0.39 is 17.8 Å². The average Bonchev–Trinajstić information content (AvgIpc) is 3.02. The van der Waals surface area contributed by atoms with E-state index in [1.165, 1.54) is 17.0 Å². The standard InChI is InChI=1S/C22H13FN2O3/c23-14-7-5-6-13(12-14)19-18-20(26)15-8-1-2-9-16(15)28-21(18)22(27)25(19)17-10-3-4-11-24-17/h1-12,19H. The maximum absolute atomic E-state index is 14.0. The number of para-hydroxylation sites is 1. The fraction of sp³-hybridized carbons (Fsp3) is 0.0455. The fourth-order valence-electron chi connectivity index (χ4n) is 3.64. The molecule has 1 aliphatic rings. The number of halogens is 1. The molecule has 0 saturated heterocycles. The molecule has 5 rings (SSSR count). The molecule has 0 aliphatic carbocycles. The quantitative estimate of drug-likeness (QED) is 0.532. The molecule has 2 aromatic carbocycles. The molecule has 0 spiro atoms. The first-order chi connectivity index (χ1) is 13.6. The van der Waals surface area contributed by atoms with Gasteiger partial charge in [-0.2, -0.15) is 0 Å². The zero-order valence-corrected chi connectivity index (χ0v) is 14.5. The van der Waals surface area contributed by atoms with Gasteiger partial charge in [0, 0.05) is 6.20 Å². The van der Waals surface area contributed by atoms with Crippen molar-refractivity contribution in [2.45, 2.75) is 6.04 Å². The second-order valence-corrected chi connectivity index (χ2v) is 6.49. The molecule has 0 N–H and O–H groups in total. The third-order valence-corrected chi connectivity index (χ3v) is 4.84. The maximum Gasteiger partial charge on any atom is 0.296 e. The molecule has 1 unspecified atom stereocenters. The second-order valence-electron chi connectivity index (χ2n) is 6.49. The lowest BCUT2D eigenvalue weighted by Crippen LogP contribution is -2.30. The largest absolute Gasteiger partial charge is 0.450 e. The van der Waals surface area contributed by atoms with E-state index >= 15 is 0 Å². The van der Waals surface area contributed by atoms with Crippen LogP contribution in [0.1, 0.15) is 27.7 Å².